The highest BCUT2D eigenvalue weighted by molar-refractivity contribution is 6.11. The van der Waals surface area contributed by atoms with E-state index in [1.54, 1.807) is 0 Å². The Bertz CT molecular complexity index is 925. The second-order valence-electron chi connectivity index (χ2n) is 5.40. The first kappa shape index (κ1) is 15.2. The van der Waals surface area contributed by atoms with Gasteiger partial charge in [0.15, 0.2) is 0 Å². The minimum atomic E-state index is -0.921. The minimum Gasteiger partial charge on any atom is -0.305 e. The van der Waals surface area contributed by atoms with Gasteiger partial charge in [0.2, 0.25) is 11.6 Å². The Hall–Kier alpha value is -3.33. The van der Waals surface area contributed by atoms with Gasteiger partial charge in [0.25, 0.3) is 0 Å². The van der Waals surface area contributed by atoms with E-state index in [4.69, 9.17) is 15.8 Å². The topological polar surface area (TPSA) is 95.3 Å². The Morgan fingerprint density at radius 1 is 0.880 bits per heavy atom. The summed E-state index contributed by atoms with van der Waals surface area (Å²) in [6, 6.07) is 11.2. The Kier molecular flexibility index (Phi) is 3.43. The van der Waals surface area contributed by atoms with E-state index in [0.717, 1.165) is 0 Å². The summed E-state index contributed by atoms with van der Waals surface area (Å²) in [7, 11) is 0. The molecule has 0 spiro atoms. The quantitative estimate of drug-likeness (QED) is 0.743. The summed E-state index contributed by atoms with van der Waals surface area (Å²) in [4.78, 5) is 2.95. The zero-order valence-corrected chi connectivity index (χ0v) is 12.7. The predicted molar refractivity (Wildman–Crippen MR) is 87.1 cm³/mol. The molecule has 7 nitrogen and oxygen atoms in total. The van der Waals surface area contributed by atoms with Crippen LogP contribution in [0, 0.1) is 17.0 Å². The second kappa shape index (κ2) is 5.64. The van der Waals surface area contributed by atoms with Crippen LogP contribution in [0.5, 0.6) is 0 Å². The van der Waals surface area contributed by atoms with Crippen LogP contribution in [0.3, 0.4) is 0 Å². The number of hydrogen-bond donors (Lipinski definition) is 2. The molecule has 1 atom stereocenters. The molecule has 1 aliphatic heterocycles. The van der Waals surface area contributed by atoms with Gasteiger partial charge in [-0.05, 0) is 58.8 Å². The summed E-state index contributed by atoms with van der Waals surface area (Å²) < 4.78 is 31.2. The lowest BCUT2D eigenvalue weighted by Crippen LogP contribution is -2.54. The Morgan fingerprint density at radius 2 is 1.40 bits per heavy atom. The van der Waals surface area contributed by atoms with Crippen molar-refractivity contribution in [3.05, 3.63) is 60.2 Å². The number of nitrogens with zero attached hydrogens (tertiary/aromatic N) is 4. The predicted octanol–water partition coefficient (Wildman–Crippen LogP) is 2.90. The van der Waals surface area contributed by atoms with Crippen LogP contribution >= 0.6 is 0 Å². The molecule has 0 bridgehead atoms. The van der Waals surface area contributed by atoms with E-state index >= 15 is 0 Å². The van der Waals surface area contributed by atoms with E-state index in [-0.39, 0.29) is 17.5 Å². The molecular weight excluding hydrogens is 330 g/mol. The van der Waals surface area contributed by atoms with Crippen LogP contribution < -0.4 is 15.5 Å². The van der Waals surface area contributed by atoms with Gasteiger partial charge in [-0.2, -0.15) is 0 Å². The minimum absolute atomic E-state index is 0.0147. The molecule has 25 heavy (non-hydrogen) atoms. The zero-order valence-electron chi connectivity index (χ0n) is 12.7. The van der Waals surface area contributed by atoms with Crippen molar-refractivity contribution in [3.63, 3.8) is 0 Å². The first-order valence-corrected chi connectivity index (χ1v) is 7.33. The molecule has 0 amide bonds. The summed E-state index contributed by atoms with van der Waals surface area (Å²) in [6.45, 7) is 0. The molecule has 0 aliphatic carbocycles. The maximum atomic E-state index is 13.2. The third-order valence-corrected chi connectivity index (χ3v) is 3.88. The smallest absolute Gasteiger partial charge is 0.228 e. The van der Waals surface area contributed by atoms with Gasteiger partial charge in [-0.1, -0.05) is 0 Å². The van der Waals surface area contributed by atoms with Crippen molar-refractivity contribution in [3.8, 4) is 0 Å². The van der Waals surface area contributed by atoms with Gasteiger partial charge in [0, 0.05) is 11.4 Å². The molecular formula is C16H12F2N6O. The molecule has 0 fully saturated rings. The number of anilines is 4. The van der Waals surface area contributed by atoms with Gasteiger partial charge in [0.05, 0.1) is 0 Å². The van der Waals surface area contributed by atoms with Crippen molar-refractivity contribution in [1.29, 1.82) is 5.41 Å². The average molecular weight is 342 g/mol. The molecule has 0 saturated carbocycles. The second-order valence-corrected chi connectivity index (χ2v) is 5.40. The number of fused-ring (bicyclic) bond motifs is 1. The van der Waals surface area contributed by atoms with Gasteiger partial charge in [-0.15, -0.1) is 0 Å². The number of hydrogen-bond acceptors (Lipinski definition) is 6. The number of aromatic nitrogens is 2. The van der Waals surface area contributed by atoms with Gasteiger partial charge in [-0.3, -0.25) is 15.2 Å². The van der Waals surface area contributed by atoms with Crippen LogP contribution in [-0.4, -0.2) is 22.3 Å². The van der Waals surface area contributed by atoms with Crippen molar-refractivity contribution in [2.24, 2.45) is 5.73 Å². The van der Waals surface area contributed by atoms with E-state index in [1.165, 1.54) is 58.3 Å². The Morgan fingerprint density at radius 3 is 2.00 bits per heavy atom. The molecule has 4 rings (SSSR count). The van der Waals surface area contributed by atoms with E-state index in [0.29, 0.717) is 11.4 Å². The maximum Gasteiger partial charge on any atom is 0.228 e. The van der Waals surface area contributed by atoms with Gasteiger partial charge in [0.1, 0.15) is 23.6 Å². The summed E-state index contributed by atoms with van der Waals surface area (Å²) >= 11 is 0. The molecule has 3 aromatic rings. The lowest BCUT2D eigenvalue weighted by atomic mass is 10.1. The molecule has 1 aliphatic rings. The molecule has 2 aromatic carbocycles. The molecule has 0 radical (unpaired) electrons. The van der Waals surface area contributed by atoms with Gasteiger partial charge in [-0.25, -0.2) is 13.4 Å². The van der Waals surface area contributed by atoms with Crippen molar-refractivity contribution in [2.45, 2.75) is 6.17 Å². The van der Waals surface area contributed by atoms with Crippen LogP contribution in [0.2, 0.25) is 0 Å². The Balaban J connectivity index is 1.83. The number of halogens is 2. The third-order valence-electron chi connectivity index (χ3n) is 3.88. The first-order chi connectivity index (χ1) is 12.1. The number of rotatable bonds is 2. The van der Waals surface area contributed by atoms with Crippen LogP contribution in [0.25, 0.3) is 0 Å². The molecule has 0 saturated heterocycles. The van der Waals surface area contributed by atoms with Crippen LogP contribution in [0.1, 0.15) is 0 Å². The number of amidine groups is 1. The maximum absolute atomic E-state index is 13.2. The van der Waals surface area contributed by atoms with Crippen LogP contribution in [-0.2, 0) is 0 Å². The van der Waals surface area contributed by atoms with Crippen LogP contribution in [0.15, 0.2) is 53.2 Å². The highest BCUT2D eigenvalue weighted by atomic mass is 19.1. The lowest BCUT2D eigenvalue weighted by molar-refractivity contribution is 0.309. The summed E-state index contributed by atoms with van der Waals surface area (Å²) in [5, 5.41) is 16.1. The number of nitrogens with one attached hydrogen (secondary N) is 1. The summed E-state index contributed by atoms with van der Waals surface area (Å²) in [5.74, 6) is -0.292. The summed E-state index contributed by atoms with van der Waals surface area (Å²) in [5.41, 5.74) is 7.24. The highest BCUT2D eigenvalue weighted by Gasteiger charge is 2.39. The highest BCUT2D eigenvalue weighted by Crippen LogP contribution is 2.40. The van der Waals surface area contributed by atoms with Crippen molar-refractivity contribution in [1.82, 2.24) is 10.3 Å². The van der Waals surface area contributed by atoms with E-state index < -0.39 is 17.8 Å². The fourth-order valence-corrected chi connectivity index (χ4v) is 2.71. The van der Waals surface area contributed by atoms with Crippen molar-refractivity contribution in [2.75, 3.05) is 9.80 Å². The van der Waals surface area contributed by atoms with Gasteiger partial charge >= 0.3 is 0 Å². The monoisotopic (exact) mass is 342 g/mol. The molecule has 2 heterocycles. The standard InChI is InChI=1S/C16H12F2N6O/c17-9-1-5-11(6-2-9)23-13(19)14(20)24(16-15(23)21-25-22-16)12-7-3-10(18)4-8-12/h1-8,13,20H,19H2. The molecule has 9 heteroatoms. The first-order valence-electron chi connectivity index (χ1n) is 7.33. The number of benzene rings is 2. The fourth-order valence-electron chi connectivity index (χ4n) is 2.71. The van der Waals surface area contributed by atoms with E-state index in [9.17, 15) is 8.78 Å². The number of nitrogens with two attached hydrogens (primary N) is 1. The largest absolute Gasteiger partial charge is 0.305 e. The molecule has 3 N–H and O–H groups in total. The third kappa shape index (κ3) is 2.41. The van der Waals surface area contributed by atoms with E-state index in [2.05, 4.69) is 10.3 Å². The van der Waals surface area contributed by atoms with E-state index in [1.807, 2.05) is 0 Å². The SMILES string of the molecule is N=C1C(N)N(c2ccc(F)cc2)c2nonc2N1c1ccc(F)cc1. The molecule has 126 valence electrons. The van der Waals surface area contributed by atoms with Crippen molar-refractivity contribution >= 4 is 28.8 Å². The van der Waals surface area contributed by atoms with Crippen molar-refractivity contribution < 1.29 is 13.4 Å². The van der Waals surface area contributed by atoms with Gasteiger partial charge < -0.3 is 5.73 Å². The lowest BCUT2D eigenvalue weighted by Gasteiger charge is -2.38. The normalized spacial score (nSPS) is 16.9. The molecule has 1 aromatic heterocycles. The zero-order chi connectivity index (χ0) is 17.6. The average Bonchev–Trinajstić information content (AvgIpc) is 3.07. The summed E-state index contributed by atoms with van der Waals surface area (Å²) in [6.07, 6.45) is -0.921. The fraction of sp³-hybridized carbons (Fsp3) is 0.0625. The molecule has 1 unspecified atom stereocenters. The van der Waals surface area contributed by atoms with Crippen LogP contribution in [0.4, 0.5) is 31.8 Å². The Labute approximate surface area is 140 Å².